The summed E-state index contributed by atoms with van der Waals surface area (Å²) in [5.74, 6) is -3.01. The molecule has 0 aliphatic carbocycles. The summed E-state index contributed by atoms with van der Waals surface area (Å²) < 4.78 is 5.54. The normalized spacial score (nSPS) is 9.38. The maximum absolute atomic E-state index is 11.9. The Kier molecular flexibility index (Phi) is 7.61. The van der Waals surface area contributed by atoms with Gasteiger partial charge in [0.1, 0.15) is 5.75 Å². The number of H-pyrrole nitrogens is 1. The number of carboxylic acid groups (broad SMARTS) is 2. The van der Waals surface area contributed by atoms with Crippen LogP contribution in [0.4, 0.5) is 0 Å². The zero-order valence-corrected chi connectivity index (χ0v) is 11.7. The second-order valence-electron chi connectivity index (χ2n) is 4.13. The Morgan fingerprint density at radius 3 is 2.04 bits per heavy atom. The number of carboxylic acids is 2. The first-order valence-corrected chi connectivity index (χ1v) is 5.87. The van der Waals surface area contributed by atoms with Crippen LogP contribution in [-0.4, -0.2) is 73.8 Å². The summed E-state index contributed by atoms with van der Waals surface area (Å²) in [6.07, 6.45) is 0. The van der Waals surface area contributed by atoms with E-state index in [1.807, 2.05) is 0 Å². The fourth-order valence-electron chi connectivity index (χ4n) is 1.92. The number of carbonyl (C=O) groups is 2. The van der Waals surface area contributed by atoms with Crippen molar-refractivity contribution in [3.8, 4) is 11.4 Å². The van der Waals surface area contributed by atoms with Crippen LogP contribution in [-0.2, 0) is 0 Å². The molecule has 10 nitrogen and oxygen atoms in total. The summed E-state index contributed by atoms with van der Waals surface area (Å²) in [6, 6.07) is 5.63. The number of aromatic nitrogens is 2. The minimum atomic E-state index is -1.75. The van der Waals surface area contributed by atoms with E-state index in [4.69, 9.17) is 9.84 Å². The van der Waals surface area contributed by atoms with Crippen molar-refractivity contribution in [2.75, 3.05) is 7.11 Å². The van der Waals surface area contributed by atoms with Gasteiger partial charge in [-0.1, -0.05) is 0 Å². The number of aromatic amines is 1. The number of benzene rings is 1. The van der Waals surface area contributed by atoms with Gasteiger partial charge in [-0.2, -0.15) is 0 Å². The molecule has 1 aromatic carbocycles. The van der Waals surface area contributed by atoms with Crippen LogP contribution in [0.3, 0.4) is 0 Å². The molecule has 2 aromatic rings. The van der Waals surface area contributed by atoms with Crippen LogP contribution in [0.25, 0.3) is 5.69 Å². The van der Waals surface area contributed by atoms with Crippen LogP contribution in [0, 0.1) is 0 Å². The number of methoxy groups -OCH3 is 1. The molecule has 0 fully saturated rings. The summed E-state index contributed by atoms with van der Waals surface area (Å²) in [4.78, 5) is 47.7. The van der Waals surface area contributed by atoms with Gasteiger partial charge in [0.15, 0.2) is 11.3 Å². The Morgan fingerprint density at radius 1 is 1.08 bits per heavy atom. The molecule has 0 saturated carbocycles. The van der Waals surface area contributed by atoms with Crippen molar-refractivity contribution < 1.29 is 30.0 Å². The van der Waals surface area contributed by atoms with Gasteiger partial charge >= 0.3 is 47.2 Å². The van der Waals surface area contributed by atoms with Crippen LogP contribution >= 0.6 is 0 Å². The molecule has 0 saturated heterocycles. The second-order valence-corrected chi connectivity index (χ2v) is 4.13. The van der Waals surface area contributed by atoms with E-state index in [1.54, 1.807) is 4.98 Å². The molecule has 24 heavy (non-hydrogen) atoms. The summed E-state index contributed by atoms with van der Waals surface area (Å²) >= 11 is 0. The fraction of sp³-hybridized carbons (Fsp3) is 0.0769. The van der Waals surface area contributed by atoms with Gasteiger partial charge in [-0.3, -0.25) is 14.3 Å². The standard InChI is InChI=1S/C13H10N2O7.Na.H2O.H/c1-22-7-4-2-6(3-5-7)15-9(12(19)20)8(11(17)18)10(16)14-13(15)21;;;/h2-5H,1H3,(H,17,18)(H,19,20)(H,14,16,21);;1H2;. The van der Waals surface area contributed by atoms with E-state index >= 15 is 0 Å². The zero-order chi connectivity index (χ0) is 16.4. The van der Waals surface area contributed by atoms with Gasteiger partial charge in [0.2, 0.25) is 0 Å². The van der Waals surface area contributed by atoms with Gasteiger partial charge in [-0.25, -0.2) is 14.4 Å². The van der Waals surface area contributed by atoms with Crippen molar-refractivity contribution in [1.29, 1.82) is 0 Å². The van der Waals surface area contributed by atoms with Gasteiger partial charge in [0.05, 0.1) is 12.8 Å². The molecule has 1 aromatic heterocycles. The van der Waals surface area contributed by atoms with E-state index in [-0.39, 0.29) is 40.7 Å². The molecule has 5 N–H and O–H groups in total. The van der Waals surface area contributed by atoms with E-state index in [2.05, 4.69) is 0 Å². The fourth-order valence-corrected chi connectivity index (χ4v) is 1.92. The molecule has 11 heteroatoms. The molecule has 0 bridgehead atoms. The van der Waals surface area contributed by atoms with Crippen molar-refractivity contribution in [2.45, 2.75) is 0 Å². The number of nitrogens with one attached hydrogen (secondary N) is 1. The van der Waals surface area contributed by atoms with E-state index in [9.17, 15) is 24.3 Å². The Hall–Kier alpha value is -2.40. The van der Waals surface area contributed by atoms with E-state index < -0.39 is 34.4 Å². The Morgan fingerprint density at radius 2 is 1.62 bits per heavy atom. The number of nitrogens with zero attached hydrogens (tertiary/aromatic N) is 1. The van der Waals surface area contributed by atoms with Gasteiger partial charge in [0.25, 0.3) is 5.56 Å². The molecule has 1 heterocycles. The number of aromatic carboxylic acids is 2. The summed E-state index contributed by atoms with van der Waals surface area (Å²) in [5, 5.41) is 18.2. The van der Waals surface area contributed by atoms with Crippen molar-refractivity contribution in [3.05, 3.63) is 56.4 Å². The van der Waals surface area contributed by atoms with Crippen LogP contribution < -0.4 is 16.0 Å². The molecule has 124 valence electrons. The third-order valence-corrected chi connectivity index (χ3v) is 2.86. The maximum atomic E-state index is 11.9. The average Bonchev–Trinajstić information content (AvgIpc) is 2.46. The zero-order valence-electron chi connectivity index (χ0n) is 11.7. The van der Waals surface area contributed by atoms with Crippen LogP contribution in [0.1, 0.15) is 20.8 Å². The summed E-state index contributed by atoms with van der Waals surface area (Å²) in [7, 11) is 1.42. The number of hydrogen-bond acceptors (Lipinski definition) is 5. The van der Waals surface area contributed by atoms with Crippen molar-refractivity contribution in [1.82, 2.24) is 9.55 Å². The third-order valence-electron chi connectivity index (χ3n) is 2.86. The SMILES string of the molecule is COc1ccc(-n2c(C(=O)O)c(C(=O)O)c(=O)[nH]c2=O)cc1.O.[NaH]. The Bertz CT molecular complexity index is 869. The molecular weight excluding hydrogens is 335 g/mol. The first-order chi connectivity index (χ1) is 10.4. The molecule has 0 unspecified atom stereocenters. The van der Waals surface area contributed by atoms with Gasteiger partial charge in [0, 0.05) is 0 Å². The van der Waals surface area contributed by atoms with Crippen LogP contribution in [0.2, 0.25) is 0 Å². The van der Waals surface area contributed by atoms with Crippen LogP contribution in [0.5, 0.6) is 5.75 Å². The Labute approximate surface area is 155 Å². The Balaban J connectivity index is 0.00000264. The predicted molar refractivity (Wildman–Crippen MR) is 83.9 cm³/mol. The first-order valence-electron chi connectivity index (χ1n) is 5.87. The van der Waals surface area contributed by atoms with Crippen molar-refractivity contribution >= 4 is 41.5 Å². The van der Waals surface area contributed by atoms with E-state index in [0.29, 0.717) is 10.3 Å². The minimum absolute atomic E-state index is 0. The molecular formula is C13H13N2NaO8. The topological polar surface area (TPSA) is 170 Å². The third kappa shape index (κ3) is 3.92. The molecule has 0 radical (unpaired) electrons. The molecule has 2 rings (SSSR count). The molecule has 0 aliphatic heterocycles. The average molecular weight is 348 g/mol. The van der Waals surface area contributed by atoms with Gasteiger partial charge < -0.3 is 20.4 Å². The summed E-state index contributed by atoms with van der Waals surface area (Å²) in [5.41, 5.74) is -4.21. The predicted octanol–water partition coefficient (Wildman–Crippen LogP) is -1.54. The molecule has 0 atom stereocenters. The van der Waals surface area contributed by atoms with Gasteiger partial charge in [-0.05, 0) is 24.3 Å². The summed E-state index contributed by atoms with van der Waals surface area (Å²) in [6.45, 7) is 0. The quantitative estimate of drug-likeness (QED) is 0.562. The van der Waals surface area contributed by atoms with Crippen molar-refractivity contribution in [3.63, 3.8) is 0 Å². The van der Waals surface area contributed by atoms with E-state index in [0.717, 1.165) is 0 Å². The van der Waals surface area contributed by atoms with Crippen LogP contribution in [0.15, 0.2) is 33.9 Å². The first kappa shape index (κ1) is 21.6. The van der Waals surface area contributed by atoms with Crippen molar-refractivity contribution in [2.24, 2.45) is 0 Å². The number of rotatable bonds is 4. The second kappa shape index (κ2) is 8.45. The molecule has 0 amide bonds. The molecule has 0 spiro atoms. The number of ether oxygens (including phenoxy) is 1. The van der Waals surface area contributed by atoms with E-state index in [1.165, 1.54) is 31.4 Å². The van der Waals surface area contributed by atoms with Gasteiger partial charge in [-0.15, -0.1) is 0 Å². The molecule has 0 aliphatic rings. The monoisotopic (exact) mass is 348 g/mol. The number of hydrogen-bond donors (Lipinski definition) is 3.